The highest BCUT2D eigenvalue weighted by atomic mass is 32.2. The number of ether oxygens (including phenoxy) is 1. The van der Waals surface area contributed by atoms with Crippen LogP contribution in [0.3, 0.4) is 0 Å². The van der Waals surface area contributed by atoms with Gasteiger partial charge in [0, 0.05) is 18.7 Å². The molecule has 1 N–H and O–H groups in total. The van der Waals surface area contributed by atoms with E-state index in [1.807, 2.05) is 0 Å². The Hall–Kier alpha value is -1.81. The quantitative estimate of drug-likeness (QED) is 0.848. The van der Waals surface area contributed by atoms with Gasteiger partial charge in [0.1, 0.15) is 11.8 Å². The highest BCUT2D eigenvalue weighted by Gasteiger charge is 2.35. The van der Waals surface area contributed by atoms with Crippen molar-refractivity contribution in [2.24, 2.45) is 0 Å². The monoisotopic (exact) mass is 380 g/mol. The van der Waals surface area contributed by atoms with Crippen molar-refractivity contribution in [3.63, 3.8) is 0 Å². The van der Waals surface area contributed by atoms with Crippen molar-refractivity contribution in [1.82, 2.24) is 9.62 Å². The number of amides is 1. The molecule has 2 rings (SSSR count). The summed E-state index contributed by atoms with van der Waals surface area (Å²) in [5, 5.41) is 2.50. The van der Waals surface area contributed by atoms with Crippen molar-refractivity contribution < 1.29 is 31.1 Å². The zero-order valence-electron chi connectivity index (χ0n) is 13.5. The third-order valence-electron chi connectivity index (χ3n) is 3.83. The molecule has 1 aliphatic rings. The smallest absolute Gasteiger partial charge is 0.405 e. The number of carbonyl (C=O) groups is 1. The van der Waals surface area contributed by atoms with Gasteiger partial charge < -0.3 is 10.1 Å². The van der Waals surface area contributed by atoms with Gasteiger partial charge in [-0.15, -0.1) is 13.2 Å². The summed E-state index contributed by atoms with van der Waals surface area (Å²) < 4.78 is 65.9. The number of hydrogen-bond donors (Lipinski definition) is 1. The van der Waals surface area contributed by atoms with E-state index in [-0.39, 0.29) is 18.7 Å². The number of carbonyl (C=O) groups excluding carboxylic acids is 1. The zero-order chi connectivity index (χ0) is 18.7. The van der Waals surface area contributed by atoms with Crippen LogP contribution >= 0.6 is 0 Å². The number of nitrogens with zero attached hydrogens (tertiary/aromatic N) is 1. The van der Waals surface area contributed by atoms with Crippen LogP contribution in [0.5, 0.6) is 5.75 Å². The van der Waals surface area contributed by atoms with Crippen molar-refractivity contribution in [1.29, 1.82) is 0 Å². The minimum absolute atomic E-state index is 0.148. The van der Waals surface area contributed by atoms with Crippen LogP contribution in [-0.2, 0) is 21.4 Å². The lowest BCUT2D eigenvalue weighted by molar-refractivity contribution is -0.274. The van der Waals surface area contributed by atoms with Crippen LogP contribution in [0.25, 0.3) is 0 Å². The Morgan fingerprint density at radius 3 is 2.64 bits per heavy atom. The van der Waals surface area contributed by atoms with Crippen molar-refractivity contribution in [2.75, 3.05) is 12.8 Å². The van der Waals surface area contributed by atoms with Gasteiger partial charge in [-0.25, -0.2) is 8.42 Å². The number of hydrogen-bond acceptors (Lipinski definition) is 4. The molecule has 1 aromatic carbocycles. The van der Waals surface area contributed by atoms with Crippen molar-refractivity contribution in [3.05, 3.63) is 29.8 Å². The molecule has 1 unspecified atom stereocenters. The lowest BCUT2D eigenvalue weighted by atomic mass is 10.0. The number of sulfonamides is 1. The Balaban J connectivity index is 2.07. The highest BCUT2D eigenvalue weighted by Crippen LogP contribution is 2.26. The Labute approximate surface area is 144 Å². The van der Waals surface area contributed by atoms with Crippen molar-refractivity contribution in [3.8, 4) is 5.75 Å². The molecule has 1 aliphatic heterocycles. The lowest BCUT2D eigenvalue weighted by Gasteiger charge is -2.32. The first kappa shape index (κ1) is 19.5. The Morgan fingerprint density at radius 2 is 2.00 bits per heavy atom. The second-order valence-corrected chi connectivity index (χ2v) is 7.69. The second-order valence-electron chi connectivity index (χ2n) is 5.76. The van der Waals surface area contributed by atoms with E-state index in [4.69, 9.17) is 0 Å². The Kier molecular flexibility index (Phi) is 5.94. The lowest BCUT2D eigenvalue weighted by Crippen LogP contribution is -2.51. The van der Waals surface area contributed by atoms with E-state index >= 15 is 0 Å². The zero-order valence-corrected chi connectivity index (χ0v) is 14.4. The summed E-state index contributed by atoms with van der Waals surface area (Å²) in [6.07, 6.45) is -2.06. The van der Waals surface area contributed by atoms with Crippen LogP contribution in [0.1, 0.15) is 24.8 Å². The van der Waals surface area contributed by atoms with Gasteiger partial charge >= 0.3 is 6.36 Å². The van der Waals surface area contributed by atoms with E-state index in [1.54, 1.807) is 0 Å². The van der Waals surface area contributed by atoms with Crippen LogP contribution in [0, 0.1) is 0 Å². The number of rotatable bonds is 5. The molecular formula is C15H19F3N2O4S. The minimum atomic E-state index is -4.84. The largest absolute Gasteiger partial charge is 0.573 e. The van der Waals surface area contributed by atoms with E-state index in [1.165, 1.54) is 18.2 Å². The normalized spacial score (nSPS) is 19.4. The van der Waals surface area contributed by atoms with Gasteiger partial charge in [-0.05, 0) is 18.9 Å². The van der Waals surface area contributed by atoms with Gasteiger partial charge in [0.05, 0.1) is 6.26 Å². The average molecular weight is 380 g/mol. The molecule has 1 amide bonds. The fraction of sp³-hybridized carbons (Fsp3) is 0.533. The third kappa shape index (κ3) is 5.60. The molecule has 0 radical (unpaired) electrons. The Bertz CT molecular complexity index is 722. The third-order valence-corrected chi connectivity index (χ3v) is 5.12. The molecule has 140 valence electrons. The first-order chi connectivity index (χ1) is 11.6. The van der Waals surface area contributed by atoms with Crippen molar-refractivity contribution in [2.45, 2.75) is 38.2 Å². The fourth-order valence-electron chi connectivity index (χ4n) is 2.74. The number of piperidine rings is 1. The molecule has 1 fully saturated rings. The summed E-state index contributed by atoms with van der Waals surface area (Å²) in [5.41, 5.74) is 0.148. The Morgan fingerprint density at radius 1 is 1.32 bits per heavy atom. The standard InChI is InChI=1S/C15H19F3N2O4S/c1-25(22,23)20-9-5-4-7-12(20)14(21)19-10-11-6-2-3-8-13(11)24-15(16,17)18/h2-3,6,8,12H,4-5,7,9-10H2,1H3,(H,19,21). The maximum absolute atomic E-state index is 12.4. The van der Waals surface area contributed by atoms with E-state index < -0.39 is 34.1 Å². The number of para-hydroxylation sites is 1. The molecular weight excluding hydrogens is 361 g/mol. The molecule has 0 bridgehead atoms. The first-order valence-corrected chi connectivity index (χ1v) is 9.51. The SMILES string of the molecule is CS(=O)(=O)N1CCCCC1C(=O)NCc1ccccc1OC(F)(F)F. The molecule has 0 aromatic heterocycles. The molecule has 10 heteroatoms. The number of halogens is 3. The van der Waals surface area contributed by atoms with E-state index in [9.17, 15) is 26.4 Å². The number of alkyl halides is 3. The van der Waals surface area contributed by atoms with Gasteiger partial charge in [-0.3, -0.25) is 4.79 Å². The first-order valence-electron chi connectivity index (χ1n) is 7.66. The van der Waals surface area contributed by atoms with Gasteiger partial charge in [0.25, 0.3) is 0 Å². The number of nitrogens with one attached hydrogen (secondary N) is 1. The van der Waals surface area contributed by atoms with Gasteiger partial charge in [0.2, 0.25) is 15.9 Å². The maximum Gasteiger partial charge on any atom is 0.573 e. The topological polar surface area (TPSA) is 75.7 Å². The summed E-state index contributed by atoms with van der Waals surface area (Å²) in [7, 11) is -3.54. The summed E-state index contributed by atoms with van der Waals surface area (Å²) in [5.74, 6) is -0.939. The highest BCUT2D eigenvalue weighted by molar-refractivity contribution is 7.88. The molecule has 1 atom stereocenters. The molecule has 0 spiro atoms. The molecule has 1 saturated heterocycles. The fourth-order valence-corrected chi connectivity index (χ4v) is 3.86. The van der Waals surface area contributed by atoms with E-state index in [0.29, 0.717) is 19.3 Å². The van der Waals surface area contributed by atoms with Crippen LogP contribution in [0.2, 0.25) is 0 Å². The molecule has 1 heterocycles. The maximum atomic E-state index is 12.4. The molecule has 6 nitrogen and oxygen atoms in total. The van der Waals surface area contributed by atoms with Crippen molar-refractivity contribution >= 4 is 15.9 Å². The molecule has 0 aliphatic carbocycles. The summed E-state index contributed by atoms with van der Waals surface area (Å²) in [4.78, 5) is 12.3. The summed E-state index contributed by atoms with van der Waals surface area (Å²) in [6.45, 7) is 0.0594. The van der Waals surface area contributed by atoms with Gasteiger partial charge in [-0.2, -0.15) is 4.31 Å². The second kappa shape index (κ2) is 7.61. The minimum Gasteiger partial charge on any atom is -0.405 e. The average Bonchev–Trinajstić information content (AvgIpc) is 2.51. The van der Waals surface area contributed by atoms with Gasteiger partial charge in [-0.1, -0.05) is 24.6 Å². The van der Waals surface area contributed by atoms with E-state index in [2.05, 4.69) is 10.1 Å². The van der Waals surface area contributed by atoms with Crippen LogP contribution < -0.4 is 10.1 Å². The van der Waals surface area contributed by atoms with Crippen LogP contribution in [-0.4, -0.2) is 43.8 Å². The predicted molar refractivity (Wildman–Crippen MR) is 84.2 cm³/mol. The van der Waals surface area contributed by atoms with Crippen LogP contribution in [0.15, 0.2) is 24.3 Å². The predicted octanol–water partition coefficient (Wildman–Crippen LogP) is 2.02. The van der Waals surface area contributed by atoms with Gasteiger partial charge in [0.15, 0.2) is 0 Å². The molecule has 25 heavy (non-hydrogen) atoms. The summed E-state index contributed by atoms with van der Waals surface area (Å²) in [6, 6.07) is 4.61. The number of benzene rings is 1. The summed E-state index contributed by atoms with van der Waals surface area (Å²) >= 11 is 0. The van der Waals surface area contributed by atoms with Crippen LogP contribution in [0.4, 0.5) is 13.2 Å². The molecule has 0 saturated carbocycles. The molecule has 1 aromatic rings. The van der Waals surface area contributed by atoms with E-state index in [0.717, 1.165) is 16.6 Å².